The molecule has 3 N–H and O–H groups in total. The molecule has 2 aliphatic heterocycles. The fraction of sp³-hybridized carbons (Fsp3) is 0.458. The fourth-order valence-corrected chi connectivity index (χ4v) is 5.30. The summed E-state index contributed by atoms with van der Waals surface area (Å²) in [6.45, 7) is 1.62. The van der Waals surface area contributed by atoms with Crippen molar-refractivity contribution < 1.29 is 24.1 Å². The Labute approximate surface area is 180 Å². The van der Waals surface area contributed by atoms with Gasteiger partial charge in [-0.2, -0.15) is 0 Å². The number of hydrogen-bond donors (Lipinski definition) is 3. The van der Waals surface area contributed by atoms with E-state index in [1.54, 1.807) is 12.1 Å². The summed E-state index contributed by atoms with van der Waals surface area (Å²) >= 11 is 0. The topological polar surface area (TPSA) is 82.0 Å². The number of ether oxygens (including phenoxy) is 1. The molecule has 0 spiro atoms. The fourth-order valence-electron chi connectivity index (χ4n) is 5.30. The highest BCUT2D eigenvalue weighted by atomic mass is 19.1. The third-order valence-electron chi connectivity index (χ3n) is 6.80. The van der Waals surface area contributed by atoms with E-state index in [9.17, 15) is 19.4 Å². The molecule has 7 heteroatoms. The van der Waals surface area contributed by atoms with Crippen molar-refractivity contribution >= 4 is 11.6 Å². The number of benzene rings is 2. The van der Waals surface area contributed by atoms with Crippen LogP contribution in [-0.2, 0) is 11.2 Å². The Balaban J connectivity index is 1.19. The third-order valence-corrected chi connectivity index (χ3v) is 6.80. The molecule has 2 aromatic carbocycles. The molecule has 31 heavy (non-hydrogen) atoms. The quantitative estimate of drug-likeness (QED) is 0.685. The van der Waals surface area contributed by atoms with Crippen molar-refractivity contribution in [3.8, 4) is 5.75 Å². The van der Waals surface area contributed by atoms with Crippen LogP contribution in [0.4, 0.5) is 10.1 Å². The van der Waals surface area contributed by atoms with E-state index in [1.807, 2.05) is 18.2 Å². The molecule has 0 radical (unpaired) electrons. The second-order valence-electron chi connectivity index (χ2n) is 9.11. The summed E-state index contributed by atoms with van der Waals surface area (Å²) in [4.78, 5) is 13.6. The number of halogens is 1. The zero-order valence-electron chi connectivity index (χ0n) is 17.3. The summed E-state index contributed by atoms with van der Waals surface area (Å²) in [5.74, 6) is 0.248. The number of rotatable bonds is 5. The van der Waals surface area contributed by atoms with Crippen LogP contribution >= 0.6 is 0 Å². The number of nitrogens with zero attached hydrogens (tertiary/aromatic N) is 1. The summed E-state index contributed by atoms with van der Waals surface area (Å²) in [5, 5.41) is 24.8. The SMILES string of the molecule is O=C1CCc2cc(C(O)CN3C[C@H]4C[C@H](Oc5cccc(F)c5)C[C@@]4(O)C3)ccc2N1. The highest BCUT2D eigenvalue weighted by Crippen LogP contribution is 2.43. The summed E-state index contributed by atoms with van der Waals surface area (Å²) in [6, 6.07) is 11.8. The lowest BCUT2D eigenvalue weighted by molar-refractivity contribution is -0.116. The molecule has 1 saturated heterocycles. The summed E-state index contributed by atoms with van der Waals surface area (Å²) in [6.07, 6.45) is 1.55. The van der Waals surface area contributed by atoms with Crippen LogP contribution < -0.4 is 10.1 Å². The van der Waals surface area contributed by atoms with Crippen molar-refractivity contribution in [3.63, 3.8) is 0 Å². The normalized spacial score (nSPS) is 28.7. The van der Waals surface area contributed by atoms with Crippen LogP contribution in [0.5, 0.6) is 5.75 Å². The van der Waals surface area contributed by atoms with Crippen LogP contribution in [0.25, 0.3) is 0 Å². The number of carbonyl (C=O) groups excluding carboxylic acids is 1. The number of nitrogens with one attached hydrogen (secondary N) is 1. The number of likely N-dealkylation sites (tertiary alicyclic amines) is 1. The summed E-state index contributed by atoms with van der Waals surface area (Å²) in [7, 11) is 0. The van der Waals surface area contributed by atoms with Gasteiger partial charge in [0.1, 0.15) is 17.7 Å². The molecule has 5 rings (SSSR count). The number of aliphatic hydroxyl groups is 2. The zero-order chi connectivity index (χ0) is 21.6. The average Bonchev–Trinajstić information content (AvgIpc) is 3.17. The first-order chi connectivity index (χ1) is 14.9. The van der Waals surface area contributed by atoms with Crippen LogP contribution in [0.15, 0.2) is 42.5 Å². The largest absolute Gasteiger partial charge is 0.490 e. The molecular formula is C24H27FN2O4. The lowest BCUT2D eigenvalue weighted by Crippen LogP contribution is -2.36. The molecule has 1 saturated carbocycles. The van der Waals surface area contributed by atoms with Gasteiger partial charge in [0.2, 0.25) is 5.91 Å². The Morgan fingerprint density at radius 1 is 1.26 bits per heavy atom. The Morgan fingerprint density at radius 2 is 2.13 bits per heavy atom. The van der Waals surface area contributed by atoms with Crippen LogP contribution in [0.1, 0.15) is 36.5 Å². The van der Waals surface area contributed by atoms with Gasteiger partial charge in [0, 0.05) is 50.1 Å². The minimum Gasteiger partial charge on any atom is -0.490 e. The van der Waals surface area contributed by atoms with E-state index in [4.69, 9.17) is 4.74 Å². The molecule has 3 aliphatic rings. The van der Waals surface area contributed by atoms with Gasteiger partial charge in [-0.3, -0.25) is 9.69 Å². The standard InChI is InChI=1S/C24H27FN2O4/c25-18-2-1-3-19(10-18)31-20-9-17-12-27(14-24(17,30)11-20)13-22(28)16-4-6-21-15(8-16)5-7-23(29)26-21/h1-4,6,8,10,17,20,22,28,30H,5,7,9,11-14H2,(H,26,29)/t17-,20+,22?,24-/m1/s1. The summed E-state index contributed by atoms with van der Waals surface area (Å²) < 4.78 is 19.3. The van der Waals surface area contributed by atoms with Crippen LogP contribution in [-0.4, -0.2) is 52.4 Å². The Hall–Kier alpha value is -2.48. The smallest absolute Gasteiger partial charge is 0.224 e. The van der Waals surface area contributed by atoms with E-state index in [-0.39, 0.29) is 23.7 Å². The second kappa shape index (κ2) is 7.89. The van der Waals surface area contributed by atoms with Crippen molar-refractivity contribution in [2.75, 3.05) is 25.0 Å². The first-order valence-electron chi connectivity index (χ1n) is 10.9. The molecule has 2 heterocycles. The van der Waals surface area contributed by atoms with Crippen LogP contribution in [0.2, 0.25) is 0 Å². The number of anilines is 1. The number of aliphatic hydroxyl groups excluding tert-OH is 1. The molecule has 0 bridgehead atoms. The van der Waals surface area contributed by atoms with Crippen LogP contribution in [0, 0.1) is 11.7 Å². The van der Waals surface area contributed by atoms with Crippen molar-refractivity contribution in [1.82, 2.24) is 4.90 Å². The zero-order valence-corrected chi connectivity index (χ0v) is 17.3. The molecule has 2 fully saturated rings. The maximum atomic E-state index is 13.4. The van der Waals surface area contributed by atoms with Gasteiger partial charge < -0.3 is 20.3 Å². The first-order valence-corrected chi connectivity index (χ1v) is 10.9. The number of hydrogen-bond acceptors (Lipinski definition) is 5. The molecule has 0 aromatic heterocycles. The van der Waals surface area contributed by atoms with Gasteiger partial charge in [-0.25, -0.2) is 4.39 Å². The van der Waals surface area contributed by atoms with E-state index < -0.39 is 11.7 Å². The second-order valence-corrected chi connectivity index (χ2v) is 9.11. The number of amides is 1. The van der Waals surface area contributed by atoms with E-state index >= 15 is 0 Å². The van der Waals surface area contributed by atoms with Gasteiger partial charge in [0.25, 0.3) is 0 Å². The molecule has 2 aromatic rings. The number of aryl methyl sites for hydroxylation is 1. The van der Waals surface area contributed by atoms with E-state index in [2.05, 4.69) is 10.2 Å². The molecule has 1 aliphatic carbocycles. The molecule has 164 valence electrons. The van der Waals surface area contributed by atoms with Gasteiger partial charge >= 0.3 is 0 Å². The highest BCUT2D eigenvalue weighted by Gasteiger charge is 2.52. The third kappa shape index (κ3) is 4.18. The van der Waals surface area contributed by atoms with Crippen molar-refractivity contribution in [3.05, 3.63) is 59.4 Å². The maximum absolute atomic E-state index is 13.4. The van der Waals surface area contributed by atoms with Crippen molar-refractivity contribution in [1.29, 1.82) is 0 Å². The Morgan fingerprint density at radius 3 is 2.94 bits per heavy atom. The lowest BCUT2D eigenvalue weighted by atomic mass is 9.95. The molecule has 4 atom stereocenters. The monoisotopic (exact) mass is 426 g/mol. The van der Waals surface area contributed by atoms with Crippen molar-refractivity contribution in [2.45, 2.75) is 43.5 Å². The van der Waals surface area contributed by atoms with Crippen molar-refractivity contribution in [2.24, 2.45) is 5.92 Å². The molecule has 6 nitrogen and oxygen atoms in total. The van der Waals surface area contributed by atoms with E-state index in [0.29, 0.717) is 51.1 Å². The average molecular weight is 426 g/mol. The van der Waals surface area contributed by atoms with Crippen LogP contribution in [0.3, 0.4) is 0 Å². The predicted molar refractivity (Wildman–Crippen MR) is 113 cm³/mol. The number of carbonyl (C=O) groups is 1. The number of β-amino-alcohol motifs (C(OH)–C–C–N with tert-alkyl or cyclic N) is 2. The van der Waals surface area contributed by atoms with Gasteiger partial charge in [0.05, 0.1) is 11.7 Å². The summed E-state index contributed by atoms with van der Waals surface area (Å²) in [5.41, 5.74) is 1.84. The van der Waals surface area contributed by atoms with E-state index in [1.165, 1.54) is 12.1 Å². The first kappa shape index (κ1) is 20.4. The molecular weight excluding hydrogens is 399 g/mol. The highest BCUT2D eigenvalue weighted by molar-refractivity contribution is 5.93. The predicted octanol–water partition coefficient (Wildman–Crippen LogP) is 2.65. The minimum atomic E-state index is -0.849. The van der Waals surface area contributed by atoms with Gasteiger partial charge in [-0.05, 0) is 42.2 Å². The Kier molecular flexibility index (Phi) is 5.20. The van der Waals surface area contributed by atoms with Gasteiger partial charge in [-0.15, -0.1) is 0 Å². The lowest BCUT2D eigenvalue weighted by Gasteiger charge is -2.25. The number of fused-ring (bicyclic) bond motifs is 2. The Bertz CT molecular complexity index is 999. The van der Waals surface area contributed by atoms with E-state index in [0.717, 1.165) is 16.8 Å². The molecule has 1 amide bonds. The molecule has 1 unspecified atom stereocenters. The van der Waals surface area contributed by atoms with Gasteiger partial charge in [0.15, 0.2) is 0 Å². The maximum Gasteiger partial charge on any atom is 0.224 e. The van der Waals surface area contributed by atoms with Gasteiger partial charge in [-0.1, -0.05) is 18.2 Å². The minimum absolute atomic E-state index is 0.0253.